The van der Waals surface area contributed by atoms with Gasteiger partial charge in [-0.15, -0.1) is 0 Å². The third-order valence-electron chi connectivity index (χ3n) is 4.25. The van der Waals surface area contributed by atoms with E-state index < -0.39 is 0 Å². The van der Waals surface area contributed by atoms with Crippen molar-refractivity contribution in [2.75, 3.05) is 31.1 Å². The highest BCUT2D eigenvalue weighted by Crippen LogP contribution is 2.20. The Bertz CT molecular complexity index is 709. The number of rotatable bonds is 4. The highest BCUT2D eigenvalue weighted by atomic mass is 32.1. The molecule has 7 nitrogen and oxygen atoms in total. The van der Waals surface area contributed by atoms with Crippen LogP contribution in [-0.2, 0) is 13.0 Å². The van der Waals surface area contributed by atoms with Gasteiger partial charge >= 0.3 is 0 Å². The molecule has 1 saturated heterocycles. The second-order valence-electron chi connectivity index (χ2n) is 5.97. The Morgan fingerprint density at radius 2 is 2.08 bits per heavy atom. The standard InChI is InChI=1S/C16H24N6OS/c1-4-14-17-16(24-19-14)21-8-6-7-20(9-10-21)15(23)13-11-12(3)18-22(13)5-2/h11H,4-10H2,1-3H3. The van der Waals surface area contributed by atoms with Gasteiger partial charge in [-0.05, 0) is 26.3 Å². The maximum Gasteiger partial charge on any atom is 0.272 e. The Kier molecular flexibility index (Phi) is 5.13. The van der Waals surface area contributed by atoms with Crippen LogP contribution in [0, 0.1) is 6.92 Å². The molecule has 0 unspecified atom stereocenters. The Balaban J connectivity index is 1.69. The molecule has 2 aromatic heterocycles. The molecule has 0 atom stereocenters. The third-order valence-corrected chi connectivity index (χ3v) is 5.06. The van der Waals surface area contributed by atoms with E-state index in [1.54, 1.807) is 4.68 Å². The summed E-state index contributed by atoms with van der Waals surface area (Å²) in [7, 11) is 0. The lowest BCUT2D eigenvalue weighted by atomic mass is 10.3. The summed E-state index contributed by atoms with van der Waals surface area (Å²) in [6.45, 7) is 9.88. The molecule has 1 aliphatic rings. The fourth-order valence-electron chi connectivity index (χ4n) is 2.95. The van der Waals surface area contributed by atoms with Crippen LogP contribution in [0.1, 0.15) is 42.3 Å². The molecule has 1 aliphatic heterocycles. The molecule has 8 heteroatoms. The van der Waals surface area contributed by atoms with Crippen molar-refractivity contribution in [3.8, 4) is 0 Å². The maximum absolute atomic E-state index is 12.9. The summed E-state index contributed by atoms with van der Waals surface area (Å²) in [5, 5.41) is 5.35. The van der Waals surface area contributed by atoms with E-state index in [1.807, 2.05) is 24.8 Å². The lowest BCUT2D eigenvalue weighted by molar-refractivity contribution is 0.0754. The van der Waals surface area contributed by atoms with E-state index in [2.05, 4.69) is 26.3 Å². The van der Waals surface area contributed by atoms with E-state index in [1.165, 1.54) is 11.5 Å². The van der Waals surface area contributed by atoms with Gasteiger partial charge in [0.2, 0.25) is 5.13 Å². The zero-order valence-corrected chi connectivity index (χ0v) is 15.3. The fourth-order valence-corrected chi connectivity index (χ4v) is 3.75. The van der Waals surface area contributed by atoms with Gasteiger partial charge in [-0.1, -0.05) is 6.92 Å². The first-order valence-corrected chi connectivity index (χ1v) is 9.31. The first-order valence-electron chi connectivity index (χ1n) is 8.53. The number of aryl methyl sites for hydroxylation is 3. The molecular formula is C16H24N6OS. The molecule has 3 rings (SSSR count). The van der Waals surface area contributed by atoms with Gasteiger partial charge in [0.25, 0.3) is 5.91 Å². The smallest absolute Gasteiger partial charge is 0.272 e. The summed E-state index contributed by atoms with van der Waals surface area (Å²) in [5.41, 5.74) is 1.57. The van der Waals surface area contributed by atoms with Gasteiger partial charge in [0, 0.05) is 50.7 Å². The van der Waals surface area contributed by atoms with Crippen molar-refractivity contribution in [2.45, 2.75) is 40.2 Å². The summed E-state index contributed by atoms with van der Waals surface area (Å²) >= 11 is 1.45. The van der Waals surface area contributed by atoms with E-state index >= 15 is 0 Å². The van der Waals surface area contributed by atoms with E-state index in [-0.39, 0.29) is 5.91 Å². The van der Waals surface area contributed by atoms with Crippen LogP contribution in [0.25, 0.3) is 0 Å². The zero-order valence-electron chi connectivity index (χ0n) is 14.5. The lowest BCUT2D eigenvalue weighted by Crippen LogP contribution is -2.36. The quantitative estimate of drug-likeness (QED) is 0.845. The van der Waals surface area contributed by atoms with Crippen molar-refractivity contribution in [3.63, 3.8) is 0 Å². The number of carbonyl (C=O) groups is 1. The van der Waals surface area contributed by atoms with Gasteiger partial charge in [-0.25, -0.2) is 4.98 Å². The maximum atomic E-state index is 12.9. The molecule has 0 aromatic carbocycles. The van der Waals surface area contributed by atoms with Crippen LogP contribution in [0.3, 0.4) is 0 Å². The highest BCUT2D eigenvalue weighted by molar-refractivity contribution is 7.09. The van der Waals surface area contributed by atoms with E-state index in [0.717, 1.165) is 49.1 Å². The number of aromatic nitrogens is 4. The van der Waals surface area contributed by atoms with Gasteiger partial charge in [0.15, 0.2) is 0 Å². The Labute approximate surface area is 146 Å². The summed E-state index contributed by atoms with van der Waals surface area (Å²) in [4.78, 5) is 21.6. The van der Waals surface area contributed by atoms with Crippen LogP contribution >= 0.6 is 11.5 Å². The molecule has 130 valence electrons. The van der Waals surface area contributed by atoms with Crippen LogP contribution in [0.4, 0.5) is 5.13 Å². The minimum atomic E-state index is 0.0748. The third kappa shape index (κ3) is 3.43. The Morgan fingerprint density at radius 1 is 1.25 bits per heavy atom. The highest BCUT2D eigenvalue weighted by Gasteiger charge is 2.24. The molecule has 0 saturated carbocycles. The second kappa shape index (κ2) is 7.29. The average molecular weight is 348 g/mol. The largest absolute Gasteiger partial charge is 0.345 e. The van der Waals surface area contributed by atoms with Crippen molar-refractivity contribution in [1.29, 1.82) is 0 Å². The zero-order chi connectivity index (χ0) is 17.1. The monoisotopic (exact) mass is 348 g/mol. The molecule has 1 fully saturated rings. The number of amides is 1. The van der Waals surface area contributed by atoms with Crippen molar-refractivity contribution in [2.24, 2.45) is 0 Å². The minimum absolute atomic E-state index is 0.0748. The molecule has 2 aromatic rings. The summed E-state index contributed by atoms with van der Waals surface area (Å²) in [6, 6.07) is 1.88. The van der Waals surface area contributed by atoms with Crippen LogP contribution in [-0.4, -0.2) is 56.1 Å². The Hall–Kier alpha value is -1.96. The Morgan fingerprint density at radius 3 is 2.79 bits per heavy atom. The lowest BCUT2D eigenvalue weighted by Gasteiger charge is -2.21. The van der Waals surface area contributed by atoms with Gasteiger partial charge in [0.05, 0.1) is 5.69 Å². The number of anilines is 1. The van der Waals surface area contributed by atoms with Crippen LogP contribution in [0.2, 0.25) is 0 Å². The molecule has 0 radical (unpaired) electrons. The second-order valence-corrected chi connectivity index (χ2v) is 6.70. The molecule has 24 heavy (non-hydrogen) atoms. The first-order chi connectivity index (χ1) is 11.6. The van der Waals surface area contributed by atoms with Crippen molar-refractivity contribution < 1.29 is 4.79 Å². The predicted octanol–water partition coefficient (Wildman–Crippen LogP) is 1.98. The van der Waals surface area contributed by atoms with Crippen molar-refractivity contribution >= 4 is 22.6 Å². The average Bonchev–Trinajstić information content (AvgIpc) is 3.14. The number of nitrogens with zero attached hydrogens (tertiary/aromatic N) is 6. The van der Waals surface area contributed by atoms with Crippen LogP contribution in [0.15, 0.2) is 6.07 Å². The van der Waals surface area contributed by atoms with Gasteiger partial charge in [-0.2, -0.15) is 9.47 Å². The van der Waals surface area contributed by atoms with Gasteiger partial charge in [-0.3, -0.25) is 9.48 Å². The SMILES string of the molecule is CCc1nsc(N2CCCN(C(=O)c3cc(C)nn3CC)CC2)n1. The summed E-state index contributed by atoms with van der Waals surface area (Å²) in [6.07, 6.45) is 1.79. The molecule has 0 aliphatic carbocycles. The molecular weight excluding hydrogens is 324 g/mol. The molecule has 3 heterocycles. The van der Waals surface area contributed by atoms with Crippen LogP contribution < -0.4 is 4.90 Å². The van der Waals surface area contributed by atoms with Crippen molar-refractivity contribution in [3.05, 3.63) is 23.3 Å². The van der Waals surface area contributed by atoms with Crippen LogP contribution in [0.5, 0.6) is 0 Å². The summed E-state index contributed by atoms with van der Waals surface area (Å²) < 4.78 is 6.15. The summed E-state index contributed by atoms with van der Waals surface area (Å²) in [5.74, 6) is 0.973. The van der Waals surface area contributed by atoms with Crippen molar-refractivity contribution in [1.82, 2.24) is 24.0 Å². The van der Waals surface area contributed by atoms with Gasteiger partial charge in [0.1, 0.15) is 11.5 Å². The normalized spacial score (nSPS) is 15.6. The first kappa shape index (κ1) is 16.9. The predicted molar refractivity (Wildman–Crippen MR) is 94.7 cm³/mol. The molecule has 0 bridgehead atoms. The molecule has 0 spiro atoms. The molecule has 0 N–H and O–H groups in total. The minimum Gasteiger partial charge on any atom is -0.345 e. The van der Waals surface area contributed by atoms with Gasteiger partial charge < -0.3 is 9.80 Å². The number of hydrogen-bond acceptors (Lipinski definition) is 6. The van der Waals surface area contributed by atoms with E-state index in [4.69, 9.17) is 0 Å². The van der Waals surface area contributed by atoms with E-state index in [0.29, 0.717) is 18.8 Å². The fraction of sp³-hybridized carbons (Fsp3) is 0.625. The number of hydrogen-bond donors (Lipinski definition) is 0. The number of carbonyl (C=O) groups excluding carboxylic acids is 1. The topological polar surface area (TPSA) is 67.2 Å². The molecule has 1 amide bonds. The van der Waals surface area contributed by atoms with E-state index in [9.17, 15) is 4.79 Å².